The lowest BCUT2D eigenvalue weighted by Crippen LogP contribution is -2.19. The summed E-state index contributed by atoms with van der Waals surface area (Å²) in [6.07, 6.45) is 8.93. The molecular weight excluding hydrogens is 150 g/mol. The highest BCUT2D eigenvalue weighted by Gasteiger charge is 2.28. The maximum absolute atomic E-state index is 11.0. The Kier molecular flexibility index (Phi) is 2.15. The molecule has 1 amide bonds. The zero-order chi connectivity index (χ0) is 8.39. The second-order valence-corrected chi connectivity index (χ2v) is 3.81. The quantitative estimate of drug-likeness (QED) is 0.586. The molecule has 0 bridgehead atoms. The molecule has 2 aliphatic rings. The molecule has 2 atom stereocenters. The van der Waals surface area contributed by atoms with Crippen LogP contribution in [-0.2, 0) is 4.79 Å². The summed E-state index contributed by atoms with van der Waals surface area (Å²) in [7, 11) is 0. The standard InChI is InChI=1S/C10H15NO/c12-10-6-9(7-11-10)8-4-2-1-3-5-8/h1-2,8-9H,3-7H2,(H,11,12). The molecule has 1 aliphatic heterocycles. The van der Waals surface area contributed by atoms with E-state index in [-0.39, 0.29) is 5.91 Å². The molecule has 0 aromatic carbocycles. The SMILES string of the molecule is O=C1CC(C2CC=CCC2)CN1. The van der Waals surface area contributed by atoms with Gasteiger partial charge in [-0.2, -0.15) is 0 Å². The molecule has 0 radical (unpaired) electrons. The van der Waals surface area contributed by atoms with Crippen LogP contribution in [0.2, 0.25) is 0 Å². The van der Waals surface area contributed by atoms with Gasteiger partial charge in [-0.3, -0.25) is 4.79 Å². The smallest absolute Gasteiger partial charge is 0.220 e. The molecular formula is C10H15NO. The lowest BCUT2D eigenvalue weighted by molar-refractivity contribution is -0.119. The van der Waals surface area contributed by atoms with Crippen LogP contribution < -0.4 is 5.32 Å². The maximum atomic E-state index is 11.0. The Hall–Kier alpha value is -0.790. The average Bonchev–Trinajstić information content (AvgIpc) is 2.54. The van der Waals surface area contributed by atoms with Gasteiger partial charge in [-0.05, 0) is 31.1 Å². The summed E-state index contributed by atoms with van der Waals surface area (Å²) in [5.41, 5.74) is 0. The van der Waals surface area contributed by atoms with E-state index in [0.29, 0.717) is 5.92 Å². The van der Waals surface area contributed by atoms with Crippen molar-refractivity contribution in [3.8, 4) is 0 Å². The lowest BCUT2D eigenvalue weighted by Gasteiger charge is -2.22. The Morgan fingerprint density at radius 3 is 2.83 bits per heavy atom. The summed E-state index contributed by atoms with van der Waals surface area (Å²) in [6.45, 7) is 0.914. The minimum Gasteiger partial charge on any atom is -0.356 e. The van der Waals surface area contributed by atoms with Crippen LogP contribution in [-0.4, -0.2) is 12.5 Å². The van der Waals surface area contributed by atoms with Crippen LogP contribution in [0, 0.1) is 11.8 Å². The van der Waals surface area contributed by atoms with Crippen LogP contribution in [0.15, 0.2) is 12.2 Å². The Labute approximate surface area is 73.0 Å². The fourth-order valence-electron chi connectivity index (χ4n) is 2.21. The Morgan fingerprint density at radius 1 is 1.33 bits per heavy atom. The molecule has 1 heterocycles. The Morgan fingerprint density at radius 2 is 2.25 bits per heavy atom. The van der Waals surface area contributed by atoms with Gasteiger partial charge in [0.1, 0.15) is 0 Å². The van der Waals surface area contributed by atoms with Gasteiger partial charge >= 0.3 is 0 Å². The van der Waals surface area contributed by atoms with E-state index in [4.69, 9.17) is 0 Å². The van der Waals surface area contributed by atoms with E-state index in [1.165, 1.54) is 19.3 Å². The third-order valence-electron chi connectivity index (χ3n) is 2.99. The van der Waals surface area contributed by atoms with Gasteiger partial charge in [0.05, 0.1) is 0 Å². The maximum Gasteiger partial charge on any atom is 0.220 e. The molecule has 2 heteroatoms. The molecule has 2 rings (SSSR count). The second-order valence-electron chi connectivity index (χ2n) is 3.81. The number of amides is 1. The summed E-state index contributed by atoms with van der Waals surface area (Å²) >= 11 is 0. The highest BCUT2D eigenvalue weighted by atomic mass is 16.1. The van der Waals surface area contributed by atoms with Gasteiger partial charge < -0.3 is 5.32 Å². The van der Waals surface area contributed by atoms with Crippen molar-refractivity contribution in [2.24, 2.45) is 11.8 Å². The third-order valence-corrected chi connectivity index (χ3v) is 2.99. The molecule has 0 spiro atoms. The van der Waals surface area contributed by atoms with Crippen molar-refractivity contribution in [2.75, 3.05) is 6.54 Å². The summed E-state index contributed by atoms with van der Waals surface area (Å²) in [5.74, 6) is 1.62. The summed E-state index contributed by atoms with van der Waals surface area (Å²) in [5, 5.41) is 2.90. The van der Waals surface area contributed by atoms with Crippen LogP contribution >= 0.6 is 0 Å². The average molecular weight is 165 g/mol. The molecule has 0 saturated carbocycles. The highest BCUT2D eigenvalue weighted by Crippen LogP contribution is 2.29. The second kappa shape index (κ2) is 3.30. The van der Waals surface area contributed by atoms with Gasteiger partial charge in [-0.25, -0.2) is 0 Å². The van der Waals surface area contributed by atoms with Gasteiger partial charge in [-0.1, -0.05) is 12.2 Å². The fraction of sp³-hybridized carbons (Fsp3) is 0.700. The van der Waals surface area contributed by atoms with Crippen molar-refractivity contribution in [3.63, 3.8) is 0 Å². The van der Waals surface area contributed by atoms with Crippen molar-refractivity contribution < 1.29 is 4.79 Å². The fourth-order valence-corrected chi connectivity index (χ4v) is 2.21. The van der Waals surface area contributed by atoms with Gasteiger partial charge in [0.25, 0.3) is 0 Å². The summed E-state index contributed by atoms with van der Waals surface area (Å²) in [6, 6.07) is 0. The molecule has 0 aromatic rings. The minimum atomic E-state index is 0.245. The van der Waals surface area contributed by atoms with E-state index in [1.54, 1.807) is 0 Å². The van der Waals surface area contributed by atoms with Crippen LogP contribution in [0.25, 0.3) is 0 Å². The summed E-state index contributed by atoms with van der Waals surface area (Å²) < 4.78 is 0. The Bertz CT molecular complexity index is 208. The lowest BCUT2D eigenvalue weighted by atomic mass is 9.82. The number of rotatable bonds is 1. The van der Waals surface area contributed by atoms with Crippen LogP contribution in [0.1, 0.15) is 25.7 Å². The first kappa shape index (κ1) is 7.84. The first-order chi connectivity index (χ1) is 5.86. The van der Waals surface area contributed by atoms with Gasteiger partial charge in [0, 0.05) is 13.0 Å². The number of carbonyl (C=O) groups is 1. The largest absolute Gasteiger partial charge is 0.356 e. The molecule has 2 unspecified atom stereocenters. The normalized spacial score (nSPS) is 35.2. The predicted molar refractivity (Wildman–Crippen MR) is 47.6 cm³/mol. The number of allylic oxidation sites excluding steroid dienone is 2. The van der Waals surface area contributed by atoms with Crippen molar-refractivity contribution >= 4 is 5.91 Å². The van der Waals surface area contributed by atoms with Gasteiger partial charge in [0.15, 0.2) is 0 Å². The first-order valence-electron chi connectivity index (χ1n) is 4.78. The number of hydrogen-bond donors (Lipinski definition) is 1. The Balaban J connectivity index is 1.92. The van der Waals surface area contributed by atoms with E-state index >= 15 is 0 Å². The van der Waals surface area contributed by atoms with Crippen molar-refractivity contribution in [2.45, 2.75) is 25.7 Å². The molecule has 1 saturated heterocycles. The molecule has 12 heavy (non-hydrogen) atoms. The number of nitrogens with one attached hydrogen (secondary N) is 1. The zero-order valence-electron chi connectivity index (χ0n) is 7.25. The highest BCUT2D eigenvalue weighted by molar-refractivity contribution is 5.78. The molecule has 1 aliphatic carbocycles. The van der Waals surface area contributed by atoms with Crippen molar-refractivity contribution in [3.05, 3.63) is 12.2 Å². The molecule has 2 nitrogen and oxygen atoms in total. The number of hydrogen-bond acceptors (Lipinski definition) is 1. The van der Waals surface area contributed by atoms with Crippen molar-refractivity contribution in [1.29, 1.82) is 0 Å². The molecule has 0 aromatic heterocycles. The van der Waals surface area contributed by atoms with E-state index < -0.39 is 0 Å². The van der Waals surface area contributed by atoms with Crippen molar-refractivity contribution in [1.82, 2.24) is 5.32 Å². The molecule has 1 N–H and O–H groups in total. The van der Waals surface area contributed by atoms with Gasteiger partial charge in [-0.15, -0.1) is 0 Å². The van der Waals surface area contributed by atoms with Crippen LogP contribution in [0.3, 0.4) is 0 Å². The molecule has 66 valence electrons. The predicted octanol–water partition coefficient (Wildman–Crippen LogP) is 1.48. The van der Waals surface area contributed by atoms with E-state index in [0.717, 1.165) is 18.9 Å². The summed E-state index contributed by atoms with van der Waals surface area (Å²) in [4.78, 5) is 11.0. The third kappa shape index (κ3) is 1.52. The molecule has 1 fully saturated rings. The monoisotopic (exact) mass is 165 g/mol. The van der Waals surface area contributed by atoms with Crippen LogP contribution in [0.4, 0.5) is 0 Å². The van der Waals surface area contributed by atoms with E-state index in [2.05, 4.69) is 17.5 Å². The topological polar surface area (TPSA) is 29.1 Å². The number of carbonyl (C=O) groups excluding carboxylic acids is 1. The zero-order valence-corrected chi connectivity index (χ0v) is 7.25. The van der Waals surface area contributed by atoms with Gasteiger partial charge in [0.2, 0.25) is 5.91 Å². The minimum absolute atomic E-state index is 0.245. The van der Waals surface area contributed by atoms with E-state index in [1.807, 2.05) is 0 Å². The van der Waals surface area contributed by atoms with Crippen LogP contribution in [0.5, 0.6) is 0 Å². The first-order valence-corrected chi connectivity index (χ1v) is 4.78. The van der Waals surface area contributed by atoms with E-state index in [9.17, 15) is 4.79 Å².